The molecule has 5 heteroatoms. The molecule has 1 aliphatic rings. The van der Waals surface area contributed by atoms with Gasteiger partial charge < -0.3 is 9.67 Å². The van der Waals surface area contributed by atoms with Crippen molar-refractivity contribution in [3.63, 3.8) is 0 Å². The normalized spacial score (nSPS) is 16.9. The molecule has 16 heavy (non-hydrogen) atoms. The van der Waals surface area contributed by atoms with Gasteiger partial charge in [0.25, 0.3) is 0 Å². The predicted octanol–water partition coefficient (Wildman–Crippen LogP) is 2.14. The highest BCUT2D eigenvalue weighted by atomic mass is 35.5. The summed E-state index contributed by atoms with van der Waals surface area (Å²) in [4.78, 5) is 15.1. The Morgan fingerprint density at radius 2 is 2.38 bits per heavy atom. The lowest BCUT2D eigenvalue weighted by Gasteiger charge is -2.17. The van der Waals surface area contributed by atoms with Crippen molar-refractivity contribution in [1.29, 1.82) is 0 Å². The molecule has 0 amide bonds. The van der Waals surface area contributed by atoms with Gasteiger partial charge in [0, 0.05) is 19.4 Å². The van der Waals surface area contributed by atoms with E-state index in [-0.39, 0.29) is 0 Å². The molecular formula is C11H15ClN2O2. The lowest BCUT2D eigenvalue weighted by atomic mass is 10.1. The van der Waals surface area contributed by atoms with E-state index in [0.29, 0.717) is 11.6 Å². The van der Waals surface area contributed by atoms with Gasteiger partial charge in [-0.05, 0) is 12.8 Å². The predicted molar refractivity (Wildman–Crippen MR) is 60.7 cm³/mol. The van der Waals surface area contributed by atoms with Crippen LogP contribution in [0.15, 0.2) is 0 Å². The lowest BCUT2D eigenvalue weighted by Crippen LogP contribution is -2.18. The fourth-order valence-corrected chi connectivity index (χ4v) is 2.36. The van der Waals surface area contributed by atoms with Gasteiger partial charge in [-0.2, -0.15) is 0 Å². The van der Waals surface area contributed by atoms with Gasteiger partial charge in [-0.1, -0.05) is 18.5 Å². The largest absolute Gasteiger partial charge is 0.481 e. The Bertz CT molecular complexity index is 414. The van der Waals surface area contributed by atoms with Crippen LogP contribution in [0.25, 0.3) is 0 Å². The average Bonchev–Trinajstić information content (AvgIpc) is 2.55. The van der Waals surface area contributed by atoms with Gasteiger partial charge in [0.1, 0.15) is 5.82 Å². The second kappa shape index (κ2) is 4.45. The van der Waals surface area contributed by atoms with E-state index in [9.17, 15) is 4.79 Å². The van der Waals surface area contributed by atoms with E-state index >= 15 is 0 Å². The summed E-state index contributed by atoms with van der Waals surface area (Å²) in [5.74, 6) is -0.202. The smallest absolute Gasteiger partial charge is 0.306 e. The molecule has 0 bridgehead atoms. The zero-order valence-corrected chi connectivity index (χ0v) is 10.00. The summed E-state index contributed by atoms with van der Waals surface area (Å²) in [5.41, 5.74) is 0.881. The van der Waals surface area contributed by atoms with Crippen LogP contribution in [-0.4, -0.2) is 20.6 Å². The zero-order chi connectivity index (χ0) is 11.7. The molecule has 0 saturated carbocycles. The number of hydrogen-bond acceptors (Lipinski definition) is 2. The van der Waals surface area contributed by atoms with Crippen molar-refractivity contribution in [3.8, 4) is 0 Å². The van der Waals surface area contributed by atoms with Crippen molar-refractivity contribution in [2.45, 2.75) is 39.2 Å². The van der Waals surface area contributed by atoms with Crippen molar-refractivity contribution < 1.29 is 9.90 Å². The fraction of sp³-hybridized carbons (Fsp3) is 0.636. The molecule has 2 rings (SSSR count). The van der Waals surface area contributed by atoms with Gasteiger partial charge in [-0.15, -0.1) is 0 Å². The molecule has 0 radical (unpaired) electrons. The number of rotatable bonds is 3. The molecule has 0 aromatic carbocycles. The highest BCUT2D eigenvalue weighted by molar-refractivity contribution is 6.30. The highest BCUT2D eigenvalue weighted by Gasteiger charge is 2.22. The van der Waals surface area contributed by atoms with E-state index in [1.165, 1.54) is 0 Å². The quantitative estimate of drug-likeness (QED) is 0.884. The summed E-state index contributed by atoms with van der Waals surface area (Å²) in [7, 11) is 0. The molecule has 1 N–H and O–H groups in total. The van der Waals surface area contributed by atoms with E-state index in [4.69, 9.17) is 16.7 Å². The van der Waals surface area contributed by atoms with Crippen LogP contribution in [0.5, 0.6) is 0 Å². The van der Waals surface area contributed by atoms with E-state index in [1.54, 1.807) is 6.92 Å². The molecule has 0 saturated heterocycles. The number of aliphatic carboxylic acids is 1. The van der Waals surface area contributed by atoms with Crippen molar-refractivity contribution >= 4 is 17.6 Å². The summed E-state index contributed by atoms with van der Waals surface area (Å²) >= 11 is 6.06. The molecule has 4 nitrogen and oxygen atoms in total. The third-order valence-corrected chi connectivity index (χ3v) is 3.36. The number of hydrogen-bond donors (Lipinski definition) is 1. The minimum absolute atomic E-state index is 0.416. The van der Waals surface area contributed by atoms with Crippen LogP contribution in [0.4, 0.5) is 0 Å². The lowest BCUT2D eigenvalue weighted by molar-refractivity contribution is -0.141. The second-order valence-electron chi connectivity index (χ2n) is 4.32. The Labute approximate surface area is 99.2 Å². The van der Waals surface area contributed by atoms with E-state index in [2.05, 4.69) is 9.55 Å². The summed E-state index contributed by atoms with van der Waals surface area (Å²) in [6.45, 7) is 2.61. The van der Waals surface area contributed by atoms with Crippen molar-refractivity contribution in [3.05, 3.63) is 16.7 Å². The summed E-state index contributed by atoms with van der Waals surface area (Å²) in [6.07, 6.45) is 3.66. The SMILES string of the molecule is CC(Cc1c(Cl)nc2n1CCCC2)C(=O)O. The molecule has 1 unspecified atom stereocenters. The van der Waals surface area contributed by atoms with Gasteiger partial charge in [-0.3, -0.25) is 4.79 Å². The number of fused-ring (bicyclic) bond motifs is 1. The Morgan fingerprint density at radius 3 is 3.06 bits per heavy atom. The Balaban J connectivity index is 2.26. The van der Waals surface area contributed by atoms with Crippen LogP contribution < -0.4 is 0 Å². The fourth-order valence-electron chi connectivity index (χ4n) is 2.08. The van der Waals surface area contributed by atoms with E-state index in [0.717, 1.165) is 37.3 Å². The van der Waals surface area contributed by atoms with Crippen molar-refractivity contribution in [2.24, 2.45) is 5.92 Å². The third-order valence-electron chi connectivity index (χ3n) is 3.06. The monoisotopic (exact) mass is 242 g/mol. The van der Waals surface area contributed by atoms with Crippen LogP contribution in [-0.2, 0) is 24.2 Å². The zero-order valence-electron chi connectivity index (χ0n) is 9.24. The third kappa shape index (κ3) is 2.07. The molecular weight excluding hydrogens is 228 g/mol. The number of aryl methyl sites for hydroxylation is 1. The van der Waals surface area contributed by atoms with Gasteiger partial charge in [0.15, 0.2) is 5.15 Å². The van der Waals surface area contributed by atoms with Crippen LogP contribution in [0.2, 0.25) is 5.15 Å². The molecule has 1 aromatic rings. The number of carboxylic acid groups (broad SMARTS) is 1. The van der Waals surface area contributed by atoms with Crippen LogP contribution in [0.3, 0.4) is 0 Å². The molecule has 0 spiro atoms. The number of carbonyl (C=O) groups is 1. The number of aromatic nitrogens is 2. The maximum Gasteiger partial charge on any atom is 0.306 e. The van der Waals surface area contributed by atoms with Crippen molar-refractivity contribution in [1.82, 2.24) is 9.55 Å². The highest BCUT2D eigenvalue weighted by Crippen LogP contribution is 2.25. The number of carboxylic acids is 1. The number of nitrogens with zero attached hydrogens (tertiary/aromatic N) is 2. The Hall–Kier alpha value is -1.03. The topological polar surface area (TPSA) is 55.1 Å². The van der Waals surface area contributed by atoms with Crippen LogP contribution >= 0.6 is 11.6 Å². The standard InChI is InChI=1S/C11H15ClN2O2/c1-7(11(15)16)6-8-10(12)13-9-4-2-3-5-14(8)9/h7H,2-6H2,1H3,(H,15,16). The van der Waals surface area contributed by atoms with Gasteiger partial charge >= 0.3 is 5.97 Å². The number of imidazole rings is 1. The summed E-state index contributed by atoms with van der Waals surface area (Å²) in [5, 5.41) is 9.38. The molecule has 1 aromatic heterocycles. The molecule has 0 aliphatic carbocycles. The molecule has 2 heterocycles. The second-order valence-corrected chi connectivity index (χ2v) is 4.68. The van der Waals surface area contributed by atoms with E-state index in [1.807, 2.05) is 0 Å². The molecule has 0 fully saturated rings. The first-order chi connectivity index (χ1) is 7.59. The summed E-state index contributed by atoms with van der Waals surface area (Å²) in [6, 6.07) is 0. The van der Waals surface area contributed by atoms with Crippen molar-refractivity contribution in [2.75, 3.05) is 0 Å². The molecule has 88 valence electrons. The molecule has 1 atom stereocenters. The maximum atomic E-state index is 10.8. The first kappa shape index (κ1) is 11.5. The maximum absolute atomic E-state index is 10.8. The van der Waals surface area contributed by atoms with Gasteiger partial charge in [-0.25, -0.2) is 4.98 Å². The number of halogens is 1. The molecule has 1 aliphatic heterocycles. The Morgan fingerprint density at radius 1 is 1.62 bits per heavy atom. The van der Waals surface area contributed by atoms with Gasteiger partial charge in [0.05, 0.1) is 11.6 Å². The average molecular weight is 243 g/mol. The van der Waals surface area contributed by atoms with Crippen LogP contribution in [0.1, 0.15) is 31.3 Å². The van der Waals surface area contributed by atoms with Crippen LogP contribution in [0, 0.1) is 5.92 Å². The minimum atomic E-state index is -0.789. The summed E-state index contributed by atoms with van der Waals surface area (Å²) < 4.78 is 2.09. The van der Waals surface area contributed by atoms with Gasteiger partial charge in [0.2, 0.25) is 0 Å². The first-order valence-corrected chi connectivity index (χ1v) is 5.94. The first-order valence-electron chi connectivity index (χ1n) is 5.56. The van der Waals surface area contributed by atoms with E-state index < -0.39 is 11.9 Å². The Kier molecular flexibility index (Phi) is 3.19. The minimum Gasteiger partial charge on any atom is -0.481 e.